The lowest BCUT2D eigenvalue weighted by Crippen LogP contribution is -2.48. The number of rotatable bonds is 2. The quantitative estimate of drug-likeness (QED) is 0.852. The van der Waals surface area contributed by atoms with E-state index >= 15 is 0 Å². The molecular weight excluding hydrogens is 284 g/mol. The normalized spacial score (nSPS) is 15.3. The molecule has 0 unspecified atom stereocenters. The number of carbonyl (C=O) groups is 1. The summed E-state index contributed by atoms with van der Waals surface area (Å²) >= 11 is 1.60. The molecule has 6 heteroatoms. The highest BCUT2D eigenvalue weighted by atomic mass is 32.1. The summed E-state index contributed by atoms with van der Waals surface area (Å²) in [5, 5.41) is 10.1. The topological polar surface area (TPSA) is 49.3 Å². The highest BCUT2D eigenvalue weighted by Crippen LogP contribution is 2.21. The van der Waals surface area contributed by atoms with E-state index in [1.165, 1.54) is 0 Å². The van der Waals surface area contributed by atoms with Gasteiger partial charge in [0.2, 0.25) is 5.13 Å². The number of aryl methyl sites for hydroxylation is 2. The van der Waals surface area contributed by atoms with Crippen molar-refractivity contribution in [3.8, 4) is 0 Å². The predicted octanol–water partition coefficient (Wildman–Crippen LogP) is 2.12. The van der Waals surface area contributed by atoms with Crippen LogP contribution in [0, 0.1) is 13.8 Å². The second-order valence-electron chi connectivity index (χ2n) is 5.25. The van der Waals surface area contributed by atoms with E-state index in [0.717, 1.165) is 47.4 Å². The Morgan fingerprint density at radius 2 is 1.90 bits per heavy atom. The van der Waals surface area contributed by atoms with Crippen LogP contribution >= 0.6 is 11.3 Å². The van der Waals surface area contributed by atoms with Gasteiger partial charge in [0.1, 0.15) is 5.01 Å². The Morgan fingerprint density at radius 3 is 2.52 bits per heavy atom. The van der Waals surface area contributed by atoms with Crippen LogP contribution in [0.5, 0.6) is 0 Å². The van der Waals surface area contributed by atoms with Crippen LogP contribution in [0.2, 0.25) is 0 Å². The maximum atomic E-state index is 12.5. The Hall–Kier alpha value is -1.95. The summed E-state index contributed by atoms with van der Waals surface area (Å²) in [6, 6.07) is 7.77. The van der Waals surface area contributed by atoms with Crippen molar-refractivity contribution in [1.82, 2.24) is 15.1 Å². The Labute approximate surface area is 128 Å². The van der Waals surface area contributed by atoms with Gasteiger partial charge in [0, 0.05) is 31.7 Å². The average Bonchev–Trinajstić information content (AvgIpc) is 2.93. The molecule has 3 rings (SSSR count). The summed E-state index contributed by atoms with van der Waals surface area (Å²) in [6.45, 7) is 7.04. The highest BCUT2D eigenvalue weighted by molar-refractivity contribution is 7.15. The van der Waals surface area contributed by atoms with Crippen molar-refractivity contribution in [2.75, 3.05) is 31.1 Å². The second kappa shape index (κ2) is 5.81. The molecule has 0 spiro atoms. The fourth-order valence-corrected chi connectivity index (χ4v) is 3.21. The lowest BCUT2D eigenvalue weighted by Gasteiger charge is -2.34. The largest absolute Gasteiger partial charge is 0.343 e. The standard InChI is InChI=1S/C15H18N4OS/c1-11-4-3-5-13(10-11)14(20)18-6-8-19(9-7-18)15-17-16-12(2)21-15/h3-5,10H,6-9H2,1-2H3. The van der Waals surface area contributed by atoms with Crippen LogP contribution < -0.4 is 4.90 Å². The molecule has 2 aromatic rings. The first-order chi connectivity index (χ1) is 10.1. The molecule has 1 aliphatic rings. The minimum absolute atomic E-state index is 0.117. The summed E-state index contributed by atoms with van der Waals surface area (Å²) < 4.78 is 0. The maximum absolute atomic E-state index is 12.5. The van der Waals surface area contributed by atoms with E-state index in [-0.39, 0.29) is 5.91 Å². The number of anilines is 1. The summed E-state index contributed by atoms with van der Waals surface area (Å²) in [6.07, 6.45) is 0. The summed E-state index contributed by atoms with van der Waals surface area (Å²) in [5.41, 5.74) is 1.89. The van der Waals surface area contributed by atoms with Gasteiger partial charge in [0.05, 0.1) is 0 Å². The molecule has 0 bridgehead atoms. The van der Waals surface area contributed by atoms with Gasteiger partial charge in [0.15, 0.2) is 0 Å². The van der Waals surface area contributed by atoms with E-state index in [0.29, 0.717) is 0 Å². The SMILES string of the molecule is Cc1cccc(C(=O)N2CCN(c3nnc(C)s3)CC2)c1. The number of aromatic nitrogens is 2. The zero-order valence-corrected chi connectivity index (χ0v) is 13.1. The number of amides is 1. The van der Waals surface area contributed by atoms with E-state index in [4.69, 9.17) is 0 Å². The van der Waals surface area contributed by atoms with Crippen LogP contribution in [0.3, 0.4) is 0 Å². The van der Waals surface area contributed by atoms with Crippen LogP contribution in [0.1, 0.15) is 20.9 Å². The van der Waals surface area contributed by atoms with Gasteiger partial charge in [-0.25, -0.2) is 0 Å². The van der Waals surface area contributed by atoms with Gasteiger partial charge in [-0.05, 0) is 26.0 Å². The number of piperazine rings is 1. The first-order valence-corrected chi connectivity index (χ1v) is 7.86. The van der Waals surface area contributed by atoms with E-state index in [1.54, 1.807) is 11.3 Å². The smallest absolute Gasteiger partial charge is 0.253 e. The molecule has 110 valence electrons. The monoisotopic (exact) mass is 302 g/mol. The second-order valence-corrected chi connectivity index (χ2v) is 6.41. The van der Waals surface area contributed by atoms with Crippen molar-refractivity contribution in [1.29, 1.82) is 0 Å². The average molecular weight is 302 g/mol. The number of hydrogen-bond donors (Lipinski definition) is 0. The Balaban J connectivity index is 1.64. The molecule has 1 saturated heterocycles. The summed E-state index contributed by atoms with van der Waals surface area (Å²) in [4.78, 5) is 16.6. The molecule has 1 fully saturated rings. The molecule has 1 aliphatic heterocycles. The van der Waals surface area contributed by atoms with Crippen molar-refractivity contribution in [3.05, 3.63) is 40.4 Å². The number of hydrogen-bond acceptors (Lipinski definition) is 5. The van der Waals surface area contributed by atoms with Gasteiger partial charge in [-0.2, -0.15) is 0 Å². The molecular formula is C15H18N4OS. The van der Waals surface area contributed by atoms with E-state index < -0.39 is 0 Å². The minimum Gasteiger partial charge on any atom is -0.343 e. The molecule has 1 amide bonds. The van der Waals surface area contributed by atoms with Crippen molar-refractivity contribution in [3.63, 3.8) is 0 Å². The van der Waals surface area contributed by atoms with Crippen molar-refractivity contribution in [2.45, 2.75) is 13.8 Å². The van der Waals surface area contributed by atoms with Crippen LogP contribution in [0.15, 0.2) is 24.3 Å². The molecule has 1 aromatic heterocycles. The van der Waals surface area contributed by atoms with E-state index in [1.807, 2.05) is 43.0 Å². The molecule has 1 aromatic carbocycles. The first kappa shape index (κ1) is 14.0. The fraction of sp³-hybridized carbons (Fsp3) is 0.400. The first-order valence-electron chi connectivity index (χ1n) is 7.04. The maximum Gasteiger partial charge on any atom is 0.253 e. The number of benzene rings is 1. The van der Waals surface area contributed by atoms with Gasteiger partial charge in [-0.15, -0.1) is 10.2 Å². The molecule has 0 atom stereocenters. The van der Waals surface area contributed by atoms with Crippen LogP contribution in [0.25, 0.3) is 0 Å². The van der Waals surface area contributed by atoms with Gasteiger partial charge < -0.3 is 9.80 Å². The van der Waals surface area contributed by atoms with E-state index in [9.17, 15) is 4.79 Å². The third-order valence-corrected chi connectivity index (χ3v) is 4.52. The third-order valence-electron chi connectivity index (χ3n) is 3.62. The predicted molar refractivity (Wildman–Crippen MR) is 83.9 cm³/mol. The Kier molecular flexibility index (Phi) is 3.88. The van der Waals surface area contributed by atoms with Crippen molar-refractivity contribution >= 4 is 22.4 Å². The van der Waals surface area contributed by atoms with Crippen LogP contribution in [-0.2, 0) is 0 Å². The zero-order chi connectivity index (χ0) is 14.8. The highest BCUT2D eigenvalue weighted by Gasteiger charge is 2.23. The third kappa shape index (κ3) is 3.05. The molecule has 0 radical (unpaired) electrons. The molecule has 0 N–H and O–H groups in total. The lowest BCUT2D eigenvalue weighted by molar-refractivity contribution is 0.0746. The fourth-order valence-electron chi connectivity index (χ4n) is 2.48. The van der Waals surface area contributed by atoms with Gasteiger partial charge in [-0.3, -0.25) is 4.79 Å². The lowest BCUT2D eigenvalue weighted by atomic mass is 10.1. The van der Waals surface area contributed by atoms with E-state index in [2.05, 4.69) is 15.1 Å². The van der Waals surface area contributed by atoms with Crippen LogP contribution in [-0.4, -0.2) is 47.2 Å². The minimum atomic E-state index is 0.117. The van der Waals surface area contributed by atoms with Crippen molar-refractivity contribution in [2.24, 2.45) is 0 Å². The van der Waals surface area contributed by atoms with Crippen molar-refractivity contribution < 1.29 is 4.79 Å². The van der Waals surface area contributed by atoms with Gasteiger partial charge in [-0.1, -0.05) is 29.0 Å². The summed E-state index contributed by atoms with van der Waals surface area (Å²) in [5.74, 6) is 0.117. The Bertz CT molecular complexity index is 647. The number of carbonyl (C=O) groups excluding carboxylic acids is 1. The molecule has 2 heterocycles. The van der Waals surface area contributed by atoms with Gasteiger partial charge >= 0.3 is 0 Å². The molecule has 0 saturated carbocycles. The Morgan fingerprint density at radius 1 is 1.14 bits per heavy atom. The van der Waals surface area contributed by atoms with Gasteiger partial charge in [0.25, 0.3) is 5.91 Å². The molecule has 0 aliphatic carbocycles. The molecule has 21 heavy (non-hydrogen) atoms. The van der Waals surface area contributed by atoms with Crippen LogP contribution in [0.4, 0.5) is 5.13 Å². The summed E-state index contributed by atoms with van der Waals surface area (Å²) in [7, 11) is 0. The zero-order valence-electron chi connectivity index (χ0n) is 12.2. The number of nitrogens with zero attached hydrogens (tertiary/aromatic N) is 4. The molecule has 5 nitrogen and oxygen atoms in total.